The maximum atomic E-state index is 12.3. The summed E-state index contributed by atoms with van der Waals surface area (Å²) in [6.45, 7) is 6.15. The van der Waals surface area contributed by atoms with E-state index in [4.69, 9.17) is 11.0 Å². The van der Waals surface area contributed by atoms with Crippen LogP contribution in [0.1, 0.15) is 6.42 Å². The van der Waals surface area contributed by atoms with Gasteiger partial charge in [-0.25, -0.2) is 0 Å². The summed E-state index contributed by atoms with van der Waals surface area (Å²) in [6.07, 6.45) is 2.51. The molecule has 0 bridgehead atoms. The zero-order valence-electron chi connectivity index (χ0n) is 13.7. The molecule has 1 amide bonds. The van der Waals surface area contributed by atoms with Gasteiger partial charge in [-0.3, -0.25) is 9.69 Å². The van der Waals surface area contributed by atoms with Crippen molar-refractivity contribution in [2.24, 2.45) is 5.73 Å². The van der Waals surface area contributed by atoms with Gasteiger partial charge in [-0.1, -0.05) is 0 Å². The minimum absolute atomic E-state index is 0.178. The highest BCUT2D eigenvalue weighted by atomic mass is 16.2. The molecular formula is C15H28N6O. The lowest BCUT2D eigenvalue weighted by molar-refractivity contribution is -0.128. The number of nitrogens with two attached hydrogens (primary N) is 1. The number of nitrogens with zero attached hydrogens (tertiary/aromatic N) is 4. The zero-order chi connectivity index (χ0) is 16.4. The molecule has 1 rings (SSSR count). The average Bonchev–Trinajstić information content (AvgIpc) is 2.51. The highest BCUT2D eigenvalue weighted by Gasteiger charge is 2.23. The van der Waals surface area contributed by atoms with E-state index in [9.17, 15) is 4.79 Å². The predicted molar refractivity (Wildman–Crippen MR) is 86.9 cm³/mol. The molecule has 0 aromatic heterocycles. The Bertz CT molecular complexity index is 407. The van der Waals surface area contributed by atoms with Crippen molar-refractivity contribution in [2.45, 2.75) is 6.42 Å². The maximum absolute atomic E-state index is 12.3. The molecule has 1 aliphatic rings. The van der Waals surface area contributed by atoms with E-state index in [2.05, 4.69) is 15.1 Å². The fourth-order valence-electron chi connectivity index (χ4n) is 2.34. The van der Waals surface area contributed by atoms with E-state index in [0.717, 1.165) is 39.1 Å². The summed E-state index contributed by atoms with van der Waals surface area (Å²) in [4.78, 5) is 18.4. The summed E-state index contributed by atoms with van der Waals surface area (Å²) in [5, 5.41) is 12.2. The van der Waals surface area contributed by atoms with E-state index >= 15 is 0 Å². The first-order valence-electron chi connectivity index (χ1n) is 7.78. The van der Waals surface area contributed by atoms with E-state index in [-0.39, 0.29) is 11.5 Å². The van der Waals surface area contributed by atoms with Crippen LogP contribution in [0.15, 0.2) is 11.8 Å². The molecule has 124 valence electrons. The zero-order valence-corrected chi connectivity index (χ0v) is 13.7. The molecule has 0 spiro atoms. The number of amides is 1. The second kappa shape index (κ2) is 10.2. The van der Waals surface area contributed by atoms with E-state index in [0.29, 0.717) is 19.6 Å². The number of carbonyl (C=O) groups excluding carboxylic acids is 1. The molecule has 7 nitrogen and oxygen atoms in total. The van der Waals surface area contributed by atoms with Gasteiger partial charge < -0.3 is 20.9 Å². The lowest BCUT2D eigenvalue weighted by atomic mass is 10.2. The highest BCUT2D eigenvalue weighted by molar-refractivity contribution is 5.97. The first kappa shape index (κ1) is 18.4. The monoisotopic (exact) mass is 308 g/mol. The van der Waals surface area contributed by atoms with Gasteiger partial charge in [0.25, 0.3) is 5.91 Å². The Labute approximate surface area is 133 Å². The third-order valence-corrected chi connectivity index (χ3v) is 3.63. The molecular weight excluding hydrogens is 280 g/mol. The molecule has 0 unspecified atom stereocenters. The van der Waals surface area contributed by atoms with Gasteiger partial charge in [0.05, 0.1) is 0 Å². The van der Waals surface area contributed by atoms with Crippen LogP contribution in [0.5, 0.6) is 0 Å². The number of carbonyl (C=O) groups is 1. The Kier molecular flexibility index (Phi) is 8.51. The molecule has 3 N–H and O–H groups in total. The van der Waals surface area contributed by atoms with Crippen molar-refractivity contribution in [3.8, 4) is 6.07 Å². The first-order valence-corrected chi connectivity index (χ1v) is 7.78. The van der Waals surface area contributed by atoms with Gasteiger partial charge in [0.2, 0.25) is 0 Å². The Morgan fingerprint density at radius 1 is 1.36 bits per heavy atom. The van der Waals surface area contributed by atoms with Crippen molar-refractivity contribution < 1.29 is 4.79 Å². The van der Waals surface area contributed by atoms with Crippen LogP contribution in [0.25, 0.3) is 0 Å². The average molecular weight is 308 g/mol. The quantitative estimate of drug-likeness (QED) is 0.341. The van der Waals surface area contributed by atoms with Crippen molar-refractivity contribution in [3.05, 3.63) is 11.8 Å². The van der Waals surface area contributed by atoms with Crippen molar-refractivity contribution in [1.82, 2.24) is 20.0 Å². The number of hydrogen-bond acceptors (Lipinski definition) is 6. The van der Waals surface area contributed by atoms with Gasteiger partial charge in [0.15, 0.2) is 0 Å². The summed E-state index contributed by atoms with van der Waals surface area (Å²) >= 11 is 0. The molecule has 0 aromatic rings. The fraction of sp³-hybridized carbons (Fsp3) is 0.733. The van der Waals surface area contributed by atoms with Crippen LogP contribution in [0.4, 0.5) is 0 Å². The molecule has 22 heavy (non-hydrogen) atoms. The van der Waals surface area contributed by atoms with Gasteiger partial charge in [-0.05, 0) is 27.1 Å². The molecule has 1 saturated heterocycles. The molecule has 7 heteroatoms. The number of piperazine rings is 1. The second-order valence-corrected chi connectivity index (χ2v) is 5.70. The number of nitriles is 1. The summed E-state index contributed by atoms with van der Waals surface area (Å²) < 4.78 is 0. The van der Waals surface area contributed by atoms with E-state index < -0.39 is 0 Å². The van der Waals surface area contributed by atoms with Crippen molar-refractivity contribution in [3.63, 3.8) is 0 Å². The van der Waals surface area contributed by atoms with Gasteiger partial charge in [-0.2, -0.15) is 5.26 Å². The molecule has 0 saturated carbocycles. The number of rotatable bonds is 8. The van der Waals surface area contributed by atoms with Crippen LogP contribution in [-0.4, -0.2) is 87.1 Å². The van der Waals surface area contributed by atoms with E-state index in [1.807, 2.05) is 20.2 Å². The van der Waals surface area contributed by atoms with Gasteiger partial charge >= 0.3 is 0 Å². The minimum atomic E-state index is -0.185. The molecule has 0 aliphatic carbocycles. The van der Waals surface area contributed by atoms with Crippen LogP contribution in [-0.2, 0) is 4.79 Å². The summed E-state index contributed by atoms with van der Waals surface area (Å²) in [5.41, 5.74) is 5.71. The molecule has 1 heterocycles. The molecule has 0 atom stereocenters. The molecule has 1 aliphatic heterocycles. The smallest absolute Gasteiger partial charge is 0.266 e. The van der Waals surface area contributed by atoms with Gasteiger partial charge in [-0.15, -0.1) is 0 Å². The molecule has 1 fully saturated rings. The van der Waals surface area contributed by atoms with Gasteiger partial charge in [0, 0.05) is 52.0 Å². The topological polar surface area (TPSA) is 88.6 Å². The fourth-order valence-corrected chi connectivity index (χ4v) is 2.34. The summed E-state index contributed by atoms with van der Waals surface area (Å²) in [7, 11) is 4.04. The highest BCUT2D eigenvalue weighted by Crippen LogP contribution is 2.06. The first-order chi connectivity index (χ1) is 10.6. The Morgan fingerprint density at radius 2 is 2.05 bits per heavy atom. The van der Waals surface area contributed by atoms with Crippen molar-refractivity contribution in [1.29, 1.82) is 5.26 Å². The van der Waals surface area contributed by atoms with Crippen molar-refractivity contribution >= 4 is 5.91 Å². The predicted octanol–water partition coefficient (Wildman–Crippen LogP) is -0.962. The van der Waals surface area contributed by atoms with Gasteiger partial charge in [0.1, 0.15) is 11.6 Å². The van der Waals surface area contributed by atoms with E-state index in [1.165, 1.54) is 0 Å². The number of hydrogen-bond donors (Lipinski definition) is 2. The SMILES string of the molecule is CN(C)CCCN/C=C(/C#N)C(=O)N1CCN(CCN)CC1. The van der Waals surface area contributed by atoms with Crippen LogP contribution < -0.4 is 11.1 Å². The Hall–Kier alpha value is -1.62. The Balaban J connectivity index is 2.39. The third-order valence-electron chi connectivity index (χ3n) is 3.63. The largest absolute Gasteiger partial charge is 0.390 e. The maximum Gasteiger partial charge on any atom is 0.266 e. The Morgan fingerprint density at radius 3 is 2.59 bits per heavy atom. The normalized spacial score (nSPS) is 16.7. The van der Waals surface area contributed by atoms with Crippen LogP contribution in [0.2, 0.25) is 0 Å². The standard InChI is InChI=1S/C15H28N6O/c1-19(2)6-3-5-18-13-14(12-17)15(22)21-10-8-20(7-4-16)9-11-21/h13,18H,3-11,16H2,1-2H3/b14-13-. The summed E-state index contributed by atoms with van der Waals surface area (Å²) in [6, 6.07) is 2.00. The third kappa shape index (κ3) is 6.43. The molecule has 0 aromatic carbocycles. The van der Waals surface area contributed by atoms with Crippen LogP contribution in [0, 0.1) is 11.3 Å². The van der Waals surface area contributed by atoms with Crippen molar-refractivity contribution in [2.75, 3.05) is 66.5 Å². The summed E-state index contributed by atoms with van der Waals surface area (Å²) in [5.74, 6) is -0.185. The van der Waals surface area contributed by atoms with Crippen LogP contribution >= 0.6 is 0 Å². The van der Waals surface area contributed by atoms with Crippen LogP contribution in [0.3, 0.4) is 0 Å². The lowest BCUT2D eigenvalue weighted by Gasteiger charge is -2.34. The van der Waals surface area contributed by atoms with E-state index in [1.54, 1.807) is 11.1 Å². The minimum Gasteiger partial charge on any atom is -0.390 e. The lowest BCUT2D eigenvalue weighted by Crippen LogP contribution is -2.50. The second-order valence-electron chi connectivity index (χ2n) is 5.70. The number of nitrogens with one attached hydrogen (secondary N) is 1. The molecule has 0 radical (unpaired) electrons.